The molecule has 1 saturated heterocycles. The highest BCUT2D eigenvalue weighted by Crippen LogP contribution is 2.31. The second-order valence-corrected chi connectivity index (χ2v) is 6.98. The molecular formula is C18H27FN2O. The molecule has 1 aliphatic heterocycles. The third-order valence-electron chi connectivity index (χ3n) is 5.13. The number of likely N-dealkylation sites (tertiary alicyclic amines) is 1. The predicted molar refractivity (Wildman–Crippen MR) is 86.3 cm³/mol. The number of nitrogens with zero attached hydrogens (tertiary/aromatic N) is 1. The van der Waals surface area contributed by atoms with Crippen LogP contribution < -0.4 is 5.32 Å². The van der Waals surface area contributed by atoms with Gasteiger partial charge in [-0.05, 0) is 68.0 Å². The van der Waals surface area contributed by atoms with E-state index in [1.54, 1.807) is 6.07 Å². The fraction of sp³-hybridized carbons (Fsp3) is 0.667. The van der Waals surface area contributed by atoms with Gasteiger partial charge in [-0.25, -0.2) is 4.39 Å². The molecule has 2 atom stereocenters. The Labute approximate surface area is 132 Å². The number of halogens is 1. The largest absolute Gasteiger partial charge is 0.390 e. The highest BCUT2D eigenvalue weighted by Gasteiger charge is 2.24. The number of benzene rings is 1. The smallest absolute Gasteiger partial charge is 0.123 e. The van der Waals surface area contributed by atoms with Crippen LogP contribution in [0.1, 0.15) is 43.4 Å². The van der Waals surface area contributed by atoms with Gasteiger partial charge in [-0.1, -0.05) is 13.0 Å². The summed E-state index contributed by atoms with van der Waals surface area (Å²) in [5.41, 5.74) is 2.30. The number of piperidine rings is 1. The second-order valence-electron chi connectivity index (χ2n) is 6.98. The van der Waals surface area contributed by atoms with Crippen LogP contribution in [0.5, 0.6) is 0 Å². The summed E-state index contributed by atoms with van der Waals surface area (Å²) >= 11 is 0. The molecule has 1 aromatic carbocycles. The summed E-state index contributed by atoms with van der Waals surface area (Å²) in [5.74, 6) is 0.645. The minimum absolute atomic E-state index is 0.171. The van der Waals surface area contributed by atoms with Crippen LogP contribution in [0.4, 0.5) is 4.39 Å². The molecule has 0 radical (unpaired) electrons. The third kappa shape index (κ3) is 3.86. The summed E-state index contributed by atoms with van der Waals surface area (Å²) in [5, 5.41) is 13.7. The number of aliphatic hydroxyl groups excluding tert-OH is 1. The van der Waals surface area contributed by atoms with Crippen LogP contribution in [0.2, 0.25) is 0 Å². The molecule has 1 aliphatic carbocycles. The van der Waals surface area contributed by atoms with Gasteiger partial charge in [0.25, 0.3) is 0 Å². The van der Waals surface area contributed by atoms with Crippen molar-refractivity contribution in [2.45, 2.75) is 44.8 Å². The van der Waals surface area contributed by atoms with Crippen molar-refractivity contribution in [2.75, 3.05) is 26.2 Å². The molecule has 1 aromatic rings. The molecule has 0 spiro atoms. The summed E-state index contributed by atoms with van der Waals surface area (Å²) in [4.78, 5) is 2.36. The molecule has 1 fully saturated rings. The zero-order chi connectivity index (χ0) is 15.5. The van der Waals surface area contributed by atoms with Gasteiger partial charge in [0.2, 0.25) is 0 Å². The lowest BCUT2D eigenvalue weighted by atomic mass is 9.99. The highest BCUT2D eigenvalue weighted by atomic mass is 19.1. The quantitative estimate of drug-likeness (QED) is 0.877. The van der Waals surface area contributed by atoms with E-state index in [-0.39, 0.29) is 18.0 Å². The van der Waals surface area contributed by atoms with E-state index in [0.717, 1.165) is 44.0 Å². The average Bonchev–Trinajstić information content (AvgIpc) is 2.90. The first-order valence-electron chi connectivity index (χ1n) is 8.54. The molecule has 0 aromatic heterocycles. The fourth-order valence-corrected chi connectivity index (χ4v) is 3.67. The van der Waals surface area contributed by atoms with Gasteiger partial charge >= 0.3 is 0 Å². The molecule has 1 heterocycles. The third-order valence-corrected chi connectivity index (χ3v) is 5.13. The van der Waals surface area contributed by atoms with Gasteiger partial charge in [0.15, 0.2) is 0 Å². The monoisotopic (exact) mass is 306 g/mol. The maximum atomic E-state index is 13.4. The highest BCUT2D eigenvalue weighted by molar-refractivity contribution is 5.34. The van der Waals surface area contributed by atoms with Crippen molar-refractivity contribution in [3.63, 3.8) is 0 Å². The Bertz CT molecular complexity index is 500. The van der Waals surface area contributed by atoms with Crippen LogP contribution in [0.3, 0.4) is 0 Å². The molecule has 3 rings (SSSR count). The van der Waals surface area contributed by atoms with E-state index < -0.39 is 0 Å². The lowest BCUT2D eigenvalue weighted by molar-refractivity contribution is 0.0888. The number of hydrogen-bond donors (Lipinski definition) is 2. The van der Waals surface area contributed by atoms with Crippen LogP contribution >= 0.6 is 0 Å². The van der Waals surface area contributed by atoms with Crippen LogP contribution in [0.15, 0.2) is 18.2 Å². The lowest BCUT2D eigenvalue weighted by Crippen LogP contribution is -2.42. The van der Waals surface area contributed by atoms with Gasteiger partial charge in [0.1, 0.15) is 5.82 Å². The number of aryl methyl sites for hydroxylation is 1. The normalized spacial score (nSPS) is 24.4. The molecule has 0 amide bonds. The summed E-state index contributed by atoms with van der Waals surface area (Å²) in [6.45, 7) is 5.80. The van der Waals surface area contributed by atoms with E-state index in [9.17, 15) is 9.50 Å². The summed E-state index contributed by atoms with van der Waals surface area (Å²) in [7, 11) is 0. The van der Waals surface area contributed by atoms with Crippen molar-refractivity contribution in [1.82, 2.24) is 10.2 Å². The lowest BCUT2D eigenvalue weighted by Gasteiger charge is -2.32. The molecule has 0 bridgehead atoms. The molecule has 4 heteroatoms. The van der Waals surface area contributed by atoms with E-state index in [4.69, 9.17) is 0 Å². The van der Waals surface area contributed by atoms with Crippen molar-refractivity contribution < 1.29 is 9.50 Å². The maximum Gasteiger partial charge on any atom is 0.123 e. The minimum atomic E-state index is -0.356. The Hall–Kier alpha value is -0.970. The molecule has 3 nitrogen and oxygen atoms in total. The Kier molecular flexibility index (Phi) is 5.11. The first-order valence-corrected chi connectivity index (χ1v) is 8.54. The maximum absolute atomic E-state index is 13.4. The molecular weight excluding hydrogens is 279 g/mol. The molecule has 2 aliphatic rings. The first-order chi connectivity index (χ1) is 10.6. The van der Waals surface area contributed by atoms with Crippen molar-refractivity contribution in [2.24, 2.45) is 5.92 Å². The van der Waals surface area contributed by atoms with E-state index in [0.29, 0.717) is 6.54 Å². The Balaban J connectivity index is 1.46. The number of fused-ring (bicyclic) bond motifs is 1. The average molecular weight is 306 g/mol. The molecule has 0 saturated carbocycles. The van der Waals surface area contributed by atoms with E-state index >= 15 is 0 Å². The minimum Gasteiger partial charge on any atom is -0.390 e. The Morgan fingerprint density at radius 2 is 2.09 bits per heavy atom. The second kappa shape index (κ2) is 7.07. The van der Waals surface area contributed by atoms with Crippen molar-refractivity contribution in [1.29, 1.82) is 0 Å². The van der Waals surface area contributed by atoms with Gasteiger partial charge in [-0.3, -0.25) is 0 Å². The van der Waals surface area contributed by atoms with Crippen molar-refractivity contribution in [3.8, 4) is 0 Å². The van der Waals surface area contributed by atoms with Crippen LogP contribution in [0, 0.1) is 11.7 Å². The van der Waals surface area contributed by atoms with Gasteiger partial charge in [0.05, 0.1) is 6.10 Å². The van der Waals surface area contributed by atoms with E-state index in [1.807, 2.05) is 6.07 Å². The number of aliphatic hydroxyl groups is 1. The van der Waals surface area contributed by atoms with Crippen molar-refractivity contribution >= 4 is 0 Å². The molecule has 22 heavy (non-hydrogen) atoms. The van der Waals surface area contributed by atoms with Gasteiger partial charge < -0.3 is 15.3 Å². The number of rotatable bonds is 5. The van der Waals surface area contributed by atoms with Crippen LogP contribution in [-0.4, -0.2) is 42.3 Å². The van der Waals surface area contributed by atoms with Crippen molar-refractivity contribution in [3.05, 3.63) is 35.1 Å². The molecule has 122 valence electrons. The summed E-state index contributed by atoms with van der Waals surface area (Å²) in [6, 6.07) is 5.24. The zero-order valence-electron chi connectivity index (χ0n) is 13.4. The Morgan fingerprint density at radius 1 is 1.32 bits per heavy atom. The van der Waals surface area contributed by atoms with Gasteiger partial charge in [0, 0.05) is 19.1 Å². The topological polar surface area (TPSA) is 35.5 Å². The number of nitrogens with one attached hydrogen (secondary N) is 1. The molecule has 2 unspecified atom stereocenters. The zero-order valence-corrected chi connectivity index (χ0v) is 13.4. The molecule has 2 N–H and O–H groups in total. The van der Waals surface area contributed by atoms with Gasteiger partial charge in [-0.15, -0.1) is 0 Å². The van der Waals surface area contributed by atoms with E-state index in [1.165, 1.54) is 24.5 Å². The van der Waals surface area contributed by atoms with Crippen LogP contribution in [0.25, 0.3) is 0 Å². The summed E-state index contributed by atoms with van der Waals surface area (Å²) < 4.78 is 13.4. The summed E-state index contributed by atoms with van der Waals surface area (Å²) in [6.07, 6.45) is 4.09. The standard InChI is InChI=1S/C18H27FN2O/c1-13-6-8-21(9-7-13)12-16(22)11-20-18-5-3-14-2-4-15(19)10-17(14)18/h2,4,10,13,16,18,20,22H,3,5-9,11-12H2,1H3. The van der Waals surface area contributed by atoms with E-state index in [2.05, 4.69) is 17.1 Å². The van der Waals surface area contributed by atoms with Crippen LogP contribution in [-0.2, 0) is 6.42 Å². The SMILES string of the molecule is CC1CCN(CC(O)CNC2CCc3ccc(F)cc32)CC1. The predicted octanol–water partition coefficient (Wildman–Crippen LogP) is 2.50. The number of β-amino-alcohol motifs (C(OH)–C–C–N with tert-alkyl or cyclic N) is 1. The first kappa shape index (κ1) is 15.9. The van der Waals surface area contributed by atoms with Gasteiger partial charge in [-0.2, -0.15) is 0 Å². The number of hydrogen-bond acceptors (Lipinski definition) is 3. The fourth-order valence-electron chi connectivity index (χ4n) is 3.67. The Morgan fingerprint density at radius 3 is 2.86 bits per heavy atom.